The minimum Gasteiger partial charge on any atom is -0.508 e. The van der Waals surface area contributed by atoms with E-state index in [1.807, 2.05) is 19.1 Å². The lowest BCUT2D eigenvalue weighted by Gasteiger charge is -2.10. The Hall–Kier alpha value is -2.53. The summed E-state index contributed by atoms with van der Waals surface area (Å²) in [5, 5.41) is 17.0. The first-order valence-corrected chi connectivity index (χ1v) is 7.46. The molecule has 3 N–H and O–H groups in total. The van der Waals surface area contributed by atoms with E-state index in [0.29, 0.717) is 10.7 Å². The molecule has 0 spiro atoms. The number of carbonyl (C=O) groups excluding carboxylic acids is 1. The summed E-state index contributed by atoms with van der Waals surface area (Å²) in [4.78, 5) is 11.8. The SMILES string of the molecule is C/C(=N\NC(=O)CNc1cccc(Cl)c1C)c1ccc(O)cc1. The van der Waals surface area contributed by atoms with Crippen LogP contribution in [0.2, 0.25) is 5.02 Å². The van der Waals surface area contributed by atoms with Gasteiger partial charge in [0.2, 0.25) is 0 Å². The molecule has 0 saturated carbocycles. The molecule has 0 radical (unpaired) electrons. The molecule has 2 aromatic carbocycles. The second-order valence-electron chi connectivity index (χ2n) is 5.05. The minimum absolute atomic E-state index is 0.0908. The summed E-state index contributed by atoms with van der Waals surface area (Å²) in [7, 11) is 0. The van der Waals surface area contributed by atoms with Gasteiger partial charge in [0.05, 0.1) is 12.3 Å². The zero-order valence-corrected chi connectivity index (χ0v) is 13.7. The van der Waals surface area contributed by atoms with Crippen molar-refractivity contribution < 1.29 is 9.90 Å². The van der Waals surface area contributed by atoms with E-state index in [-0.39, 0.29) is 18.2 Å². The third kappa shape index (κ3) is 4.72. The number of nitrogens with zero attached hydrogens (tertiary/aromatic N) is 1. The van der Waals surface area contributed by atoms with Crippen LogP contribution in [0.1, 0.15) is 18.1 Å². The fourth-order valence-corrected chi connectivity index (χ4v) is 2.10. The Morgan fingerprint density at radius 1 is 1.22 bits per heavy atom. The number of amides is 1. The molecule has 2 aromatic rings. The summed E-state index contributed by atoms with van der Waals surface area (Å²) in [5.41, 5.74) is 5.67. The predicted molar refractivity (Wildman–Crippen MR) is 93.1 cm³/mol. The van der Waals surface area contributed by atoms with Gasteiger partial charge in [-0.2, -0.15) is 5.10 Å². The molecule has 23 heavy (non-hydrogen) atoms. The predicted octanol–water partition coefficient (Wildman–Crippen LogP) is 3.31. The van der Waals surface area contributed by atoms with Gasteiger partial charge >= 0.3 is 0 Å². The Labute approximate surface area is 140 Å². The highest BCUT2D eigenvalue weighted by atomic mass is 35.5. The van der Waals surface area contributed by atoms with E-state index in [1.54, 1.807) is 37.3 Å². The molecule has 0 fully saturated rings. The highest BCUT2D eigenvalue weighted by Gasteiger charge is 2.05. The maximum absolute atomic E-state index is 11.8. The summed E-state index contributed by atoms with van der Waals surface area (Å²) < 4.78 is 0. The zero-order valence-electron chi connectivity index (χ0n) is 12.9. The average Bonchev–Trinajstić information content (AvgIpc) is 2.54. The molecule has 0 aliphatic heterocycles. The van der Waals surface area contributed by atoms with Crippen LogP contribution in [-0.4, -0.2) is 23.3 Å². The molecule has 0 bridgehead atoms. The van der Waals surface area contributed by atoms with Crippen molar-refractivity contribution in [2.45, 2.75) is 13.8 Å². The highest BCUT2D eigenvalue weighted by Crippen LogP contribution is 2.22. The van der Waals surface area contributed by atoms with Crippen molar-refractivity contribution in [1.82, 2.24) is 5.43 Å². The number of phenols is 1. The summed E-state index contributed by atoms with van der Waals surface area (Å²) in [6.07, 6.45) is 0. The fourth-order valence-electron chi connectivity index (χ4n) is 1.93. The largest absolute Gasteiger partial charge is 0.508 e. The molecule has 6 heteroatoms. The third-order valence-electron chi connectivity index (χ3n) is 3.34. The number of anilines is 1. The maximum Gasteiger partial charge on any atom is 0.259 e. The Morgan fingerprint density at radius 3 is 2.61 bits per heavy atom. The van der Waals surface area contributed by atoms with Crippen LogP contribution in [0.4, 0.5) is 5.69 Å². The van der Waals surface area contributed by atoms with Gasteiger partial charge in [0.25, 0.3) is 5.91 Å². The van der Waals surface area contributed by atoms with Crippen molar-refractivity contribution in [2.24, 2.45) is 5.10 Å². The van der Waals surface area contributed by atoms with Crippen molar-refractivity contribution in [2.75, 3.05) is 11.9 Å². The lowest BCUT2D eigenvalue weighted by molar-refractivity contribution is -0.119. The standard InChI is InChI=1S/C17H18ClN3O2/c1-11-15(18)4-3-5-16(11)19-10-17(23)21-20-12(2)13-6-8-14(22)9-7-13/h3-9,19,22H,10H2,1-2H3,(H,21,23)/b20-12+. The number of hydrazone groups is 1. The molecule has 0 heterocycles. The van der Waals surface area contributed by atoms with E-state index >= 15 is 0 Å². The molecule has 2 rings (SSSR count). The first kappa shape index (κ1) is 16.8. The highest BCUT2D eigenvalue weighted by molar-refractivity contribution is 6.31. The summed E-state index contributed by atoms with van der Waals surface area (Å²) in [6.45, 7) is 3.75. The van der Waals surface area contributed by atoms with Gasteiger partial charge in [-0.25, -0.2) is 5.43 Å². The van der Waals surface area contributed by atoms with E-state index in [2.05, 4.69) is 15.8 Å². The maximum atomic E-state index is 11.8. The van der Waals surface area contributed by atoms with Gasteiger partial charge in [-0.05, 0) is 61.4 Å². The third-order valence-corrected chi connectivity index (χ3v) is 3.75. The van der Waals surface area contributed by atoms with Crippen molar-refractivity contribution in [3.8, 4) is 5.75 Å². The van der Waals surface area contributed by atoms with Crippen LogP contribution in [0.3, 0.4) is 0 Å². The topological polar surface area (TPSA) is 73.7 Å². The molecule has 0 atom stereocenters. The van der Waals surface area contributed by atoms with Crippen molar-refractivity contribution >= 4 is 28.9 Å². The average molecular weight is 332 g/mol. The smallest absolute Gasteiger partial charge is 0.259 e. The quantitative estimate of drug-likeness (QED) is 0.581. The van der Waals surface area contributed by atoms with Crippen LogP contribution in [0.5, 0.6) is 5.75 Å². The fraction of sp³-hybridized carbons (Fsp3) is 0.176. The van der Waals surface area contributed by atoms with Gasteiger partial charge in [0.1, 0.15) is 5.75 Å². The second-order valence-corrected chi connectivity index (χ2v) is 5.45. The minimum atomic E-state index is -0.262. The molecule has 0 aromatic heterocycles. The van der Waals surface area contributed by atoms with E-state index in [9.17, 15) is 9.90 Å². The van der Waals surface area contributed by atoms with Gasteiger partial charge < -0.3 is 10.4 Å². The Morgan fingerprint density at radius 2 is 1.91 bits per heavy atom. The first-order chi connectivity index (χ1) is 11.0. The summed E-state index contributed by atoms with van der Waals surface area (Å²) in [6, 6.07) is 12.1. The number of hydrogen-bond acceptors (Lipinski definition) is 4. The Balaban J connectivity index is 1.91. The van der Waals surface area contributed by atoms with Gasteiger partial charge in [-0.3, -0.25) is 4.79 Å². The molecular weight excluding hydrogens is 314 g/mol. The monoisotopic (exact) mass is 331 g/mol. The zero-order chi connectivity index (χ0) is 16.8. The number of phenolic OH excluding ortho intramolecular Hbond substituents is 1. The van der Waals surface area contributed by atoms with E-state index in [1.165, 1.54) is 0 Å². The molecule has 0 aliphatic rings. The van der Waals surface area contributed by atoms with Crippen LogP contribution >= 0.6 is 11.6 Å². The van der Waals surface area contributed by atoms with Crippen LogP contribution in [0, 0.1) is 6.92 Å². The molecule has 5 nitrogen and oxygen atoms in total. The Bertz CT molecular complexity index is 727. The van der Waals surface area contributed by atoms with Crippen LogP contribution in [-0.2, 0) is 4.79 Å². The second kappa shape index (κ2) is 7.65. The van der Waals surface area contributed by atoms with Gasteiger partial charge in [-0.1, -0.05) is 17.7 Å². The van der Waals surface area contributed by atoms with E-state index in [4.69, 9.17) is 11.6 Å². The lowest BCUT2D eigenvalue weighted by Crippen LogP contribution is -2.27. The van der Waals surface area contributed by atoms with E-state index < -0.39 is 0 Å². The van der Waals surface area contributed by atoms with Crippen molar-refractivity contribution in [3.63, 3.8) is 0 Å². The number of benzene rings is 2. The van der Waals surface area contributed by atoms with Crippen molar-refractivity contribution in [1.29, 1.82) is 0 Å². The number of aromatic hydroxyl groups is 1. The van der Waals surface area contributed by atoms with Crippen LogP contribution in [0.25, 0.3) is 0 Å². The lowest BCUT2D eigenvalue weighted by atomic mass is 10.1. The summed E-state index contributed by atoms with van der Waals surface area (Å²) >= 11 is 6.03. The van der Waals surface area contributed by atoms with Crippen LogP contribution in [0.15, 0.2) is 47.6 Å². The molecule has 0 saturated heterocycles. The number of nitrogens with one attached hydrogen (secondary N) is 2. The molecule has 0 unspecified atom stereocenters. The van der Waals surface area contributed by atoms with E-state index in [0.717, 1.165) is 16.8 Å². The van der Waals surface area contributed by atoms with Crippen LogP contribution < -0.4 is 10.7 Å². The van der Waals surface area contributed by atoms with Gasteiger partial charge in [0.15, 0.2) is 0 Å². The first-order valence-electron chi connectivity index (χ1n) is 7.09. The molecular formula is C17H18ClN3O2. The Kier molecular flexibility index (Phi) is 5.60. The molecule has 0 aliphatic carbocycles. The normalized spacial score (nSPS) is 11.2. The number of carbonyl (C=O) groups is 1. The molecule has 1 amide bonds. The van der Waals surface area contributed by atoms with Gasteiger partial charge in [0, 0.05) is 10.7 Å². The number of hydrogen-bond donors (Lipinski definition) is 3. The number of rotatable bonds is 5. The molecule has 120 valence electrons. The van der Waals surface area contributed by atoms with Crippen molar-refractivity contribution in [3.05, 3.63) is 58.6 Å². The number of halogens is 1. The van der Waals surface area contributed by atoms with Gasteiger partial charge in [-0.15, -0.1) is 0 Å². The summed E-state index contributed by atoms with van der Waals surface area (Å²) in [5.74, 6) is -0.0748.